The monoisotopic (exact) mass is 141 g/mol. The third-order valence-corrected chi connectivity index (χ3v) is 1.04. The van der Waals surface area contributed by atoms with Crippen LogP contribution in [0.15, 0.2) is 5.10 Å². The zero-order valence-electron chi connectivity index (χ0n) is 6.81. The molecular formula is C7H15N3. The molecule has 0 aromatic carbocycles. The lowest BCUT2D eigenvalue weighted by atomic mass is 9.90. The molecule has 0 amide bonds. The number of hydrogen-bond acceptors (Lipinski definition) is 3. The van der Waals surface area contributed by atoms with Crippen LogP contribution in [-0.4, -0.2) is 11.9 Å². The zero-order valence-corrected chi connectivity index (χ0v) is 6.81. The lowest BCUT2D eigenvalue weighted by Gasteiger charge is -2.16. The average molecular weight is 141 g/mol. The van der Waals surface area contributed by atoms with Gasteiger partial charge in [-0.05, 0) is 11.8 Å². The van der Waals surface area contributed by atoms with Crippen molar-refractivity contribution in [2.24, 2.45) is 16.4 Å². The molecule has 3 N–H and O–H groups in total. The van der Waals surface area contributed by atoms with Crippen molar-refractivity contribution in [2.45, 2.75) is 27.2 Å². The molecule has 0 fully saturated rings. The largest absolute Gasteiger partial charge is 0.323 e. The molecule has 10 heavy (non-hydrogen) atoms. The van der Waals surface area contributed by atoms with Crippen molar-refractivity contribution >= 4 is 11.9 Å². The first kappa shape index (κ1) is 9.14. The van der Waals surface area contributed by atoms with Crippen molar-refractivity contribution in [1.29, 1.82) is 5.41 Å². The van der Waals surface area contributed by atoms with Gasteiger partial charge in [0.2, 0.25) is 0 Å². The van der Waals surface area contributed by atoms with Crippen LogP contribution >= 0.6 is 0 Å². The molecule has 3 nitrogen and oxygen atoms in total. The molecule has 0 bridgehead atoms. The minimum absolute atomic E-state index is 0.162. The molecule has 0 rings (SSSR count). The molecule has 0 saturated carbocycles. The van der Waals surface area contributed by atoms with Crippen molar-refractivity contribution in [3.05, 3.63) is 0 Å². The number of rotatable bonds is 2. The molecule has 0 atom stereocenters. The van der Waals surface area contributed by atoms with Gasteiger partial charge in [-0.15, -0.1) is 0 Å². The number of hydrazone groups is 1. The second-order valence-electron chi connectivity index (χ2n) is 3.50. The van der Waals surface area contributed by atoms with E-state index in [1.807, 2.05) is 0 Å². The SMILES string of the molecule is CC(C)(C)C/C(C=N)=N/N. The highest BCUT2D eigenvalue weighted by Gasteiger charge is 2.12. The summed E-state index contributed by atoms with van der Waals surface area (Å²) in [7, 11) is 0. The smallest absolute Gasteiger partial charge is 0.0780 e. The average Bonchev–Trinajstić information content (AvgIpc) is 1.81. The van der Waals surface area contributed by atoms with Gasteiger partial charge in [0.25, 0.3) is 0 Å². The molecule has 0 aliphatic heterocycles. The van der Waals surface area contributed by atoms with Gasteiger partial charge < -0.3 is 11.3 Å². The van der Waals surface area contributed by atoms with Gasteiger partial charge in [0.15, 0.2) is 0 Å². The predicted molar refractivity (Wildman–Crippen MR) is 44.5 cm³/mol. The maximum atomic E-state index is 6.90. The van der Waals surface area contributed by atoms with E-state index < -0.39 is 0 Å². The first-order valence-corrected chi connectivity index (χ1v) is 3.27. The molecule has 0 aromatic rings. The molecule has 58 valence electrons. The van der Waals surface area contributed by atoms with E-state index in [1.165, 1.54) is 6.21 Å². The minimum atomic E-state index is 0.162. The third-order valence-electron chi connectivity index (χ3n) is 1.04. The Morgan fingerprint density at radius 3 is 2.20 bits per heavy atom. The Labute approximate surface area is 61.8 Å². The van der Waals surface area contributed by atoms with E-state index in [-0.39, 0.29) is 5.41 Å². The fraction of sp³-hybridized carbons (Fsp3) is 0.714. The Balaban J connectivity index is 4.01. The van der Waals surface area contributed by atoms with Gasteiger partial charge in [0, 0.05) is 6.21 Å². The first-order chi connectivity index (χ1) is 4.49. The van der Waals surface area contributed by atoms with Crippen molar-refractivity contribution in [3.63, 3.8) is 0 Å². The summed E-state index contributed by atoms with van der Waals surface area (Å²) in [5.41, 5.74) is 0.808. The van der Waals surface area contributed by atoms with E-state index >= 15 is 0 Å². The summed E-state index contributed by atoms with van der Waals surface area (Å²) in [5.74, 6) is 5.03. The van der Waals surface area contributed by atoms with Crippen LogP contribution in [0.1, 0.15) is 27.2 Å². The minimum Gasteiger partial charge on any atom is -0.323 e. The third kappa shape index (κ3) is 4.06. The van der Waals surface area contributed by atoms with E-state index in [2.05, 4.69) is 25.9 Å². The number of nitrogens with two attached hydrogens (primary N) is 1. The van der Waals surface area contributed by atoms with Crippen molar-refractivity contribution in [2.75, 3.05) is 0 Å². The second kappa shape index (κ2) is 3.34. The van der Waals surface area contributed by atoms with Gasteiger partial charge in [-0.3, -0.25) is 0 Å². The molecule has 0 radical (unpaired) electrons. The van der Waals surface area contributed by atoms with E-state index in [0.29, 0.717) is 5.71 Å². The van der Waals surface area contributed by atoms with Gasteiger partial charge in [-0.2, -0.15) is 5.10 Å². The van der Waals surface area contributed by atoms with Crippen LogP contribution in [0.2, 0.25) is 0 Å². The maximum Gasteiger partial charge on any atom is 0.0780 e. The Bertz CT molecular complexity index is 141. The summed E-state index contributed by atoms with van der Waals surface area (Å²) < 4.78 is 0. The van der Waals surface area contributed by atoms with Crippen molar-refractivity contribution in [1.82, 2.24) is 0 Å². The molecule has 3 heteroatoms. The lowest BCUT2D eigenvalue weighted by Crippen LogP contribution is -2.15. The fourth-order valence-electron chi connectivity index (χ4n) is 0.677. The van der Waals surface area contributed by atoms with Gasteiger partial charge in [-0.1, -0.05) is 20.8 Å². The topological polar surface area (TPSA) is 62.2 Å². The Morgan fingerprint density at radius 1 is 1.60 bits per heavy atom. The van der Waals surface area contributed by atoms with Crippen LogP contribution in [0.4, 0.5) is 0 Å². The summed E-state index contributed by atoms with van der Waals surface area (Å²) in [6, 6.07) is 0. The molecule has 0 unspecified atom stereocenters. The van der Waals surface area contributed by atoms with E-state index in [4.69, 9.17) is 11.3 Å². The number of nitrogens with one attached hydrogen (secondary N) is 1. The fourth-order valence-corrected chi connectivity index (χ4v) is 0.677. The van der Waals surface area contributed by atoms with Crippen LogP contribution in [0.3, 0.4) is 0 Å². The molecule has 0 spiro atoms. The predicted octanol–water partition coefficient (Wildman–Crippen LogP) is 1.39. The van der Waals surface area contributed by atoms with Crippen molar-refractivity contribution in [3.8, 4) is 0 Å². The lowest BCUT2D eigenvalue weighted by molar-refractivity contribution is 0.435. The highest BCUT2D eigenvalue weighted by Crippen LogP contribution is 2.18. The first-order valence-electron chi connectivity index (χ1n) is 3.27. The summed E-state index contributed by atoms with van der Waals surface area (Å²) >= 11 is 0. The molecule has 0 aliphatic rings. The summed E-state index contributed by atoms with van der Waals surface area (Å²) in [6.45, 7) is 6.26. The van der Waals surface area contributed by atoms with Crippen LogP contribution in [0.25, 0.3) is 0 Å². The Hall–Kier alpha value is -0.860. The standard InChI is InChI=1S/C7H15N3/c1-7(2,3)4-6(5-8)10-9/h5,8H,4,9H2,1-3H3/b8-5?,10-6-. The van der Waals surface area contributed by atoms with Crippen molar-refractivity contribution < 1.29 is 0 Å². The van der Waals surface area contributed by atoms with Gasteiger partial charge in [-0.25, -0.2) is 0 Å². The van der Waals surface area contributed by atoms with Crippen LogP contribution < -0.4 is 5.84 Å². The summed E-state index contributed by atoms with van der Waals surface area (Å²) in [4.78, 5) is 0. The van der Waals surface area contributed by atoms with Crippen LogP contribution in [0.5, 0.6) is 0 Å². The highest BCUT2D eigenvalue weighted by atomic mass is 15.1. The number of nitrogens with zero attached hydrogens (tertiary/aromatic N) is 1. The van der Waals surface area contributed by atoms with Crippen LogP contribution in [-0.2, 0) is 0 Å². The second-order valence-corrected chi connectivity index (χ2v) is 3.50. The van der Waals surface area contributed by atoms with Gasteiger partial charge in [0.1, 0.15) is 0 Å². The Kier molecular flexibility index (Phi) is 3.06. The molecule has 0 heterocycles. The van der Waals surface area contributed by atoms with Crippen LogP contribution in [0, 0.1) is 10.8 Å². The van der Waals surface area contributed by atoms with E-state index in [0.717, 1.165) is 6.42 Å². The highest BCUT2D eigenvalue weighted by molar-refractivity contribution is 6.29. The number of hydrogen-bond donors (Lipinski definition) is 2. The van der Waals surface area contributed by atoms with E-state index in [9.17, 15) is 0 Å². The molecule has 0 saturated heterocycles. The summed E-state index contributed by atoms with van der Waals surface area (Å²) in [5, 5.41) is 10.4. The normalized spacial score (nSPS) is 13.3. The molecule has 0 aromatic heterocycles. The molecule has 0 aliphatic carbocycles. The maximum absolute atomic E-state index is 6.90. The van der Waals surface area contributed by atoms with Gasteiger partial charge in [0.05, 0.1) is 5.71 Å². The van der Waals surface area contributed by atoms with E-state index in [1.54, 1.807) is 0 Å². The zero-order chi connectivity index (χ0) is 8.20. The molecular weight excluding hydrogens is 126 g/mol. The quantitative estimate of drug-likeness (QED) is 0.340. The summed E-state index contributed by atoms with van der Waals surface area (Å²) in [6.07, 6.45) is 1.96. The van der Waals surface area contributed by atoms with Gasteiger partial charge >= 0.3 is 0 Å². The Morgan fingerprint density at radius 2 is 2.10 bits per heavy atom.